The Labute approximate surface area is 122 Å². The van der Waals surface area contributed by atoms with Crippen molar-refractivity contribution >= 4 is 28.6 Å². The Balaban J connectivity index is 2.19. The summed E-state index contributed by atoms with van der Waals surface area (Å²) in [6.45, 7) is -0.703. The van der Waals surface area contributed by atoms with Crippen molar-refractivity contribution in [2.45, 2.75) is 18.2 Å². The van der Waals surface area contributed by atoms with Gasteiger partial charge in [0.25, 0.3) is 0 Å². The van der Waals surface area contributed by atoms with Crippen LogP contribution >= 0.6 is 11.6 Å². The SMILES string of the molecule is Nc1nc(Cl)nc2c1ncn2C1C(F)=C(CO)C(O)C1O. The van der Waals surface area contributed by atoms with E-state index >= 15 is 0 Å². The molecule has 112 valence electrons. The van der Waals surface area contributed by atoms with Crippen LogP contribution in [0.15, 0.2) is 17.7 Å². The molecule has 21 heavy (non-hydrogen) atoms. The van der Waals surface area contributed by atoms with Gasteiger partial charge in [0.2, 0.25) is 5.28 Å². The number of nitrogens with zero attached hydrogens (tertiary/aromatic N) is 4. The van der Waals surface area contributed by atoms with E-state index < -0.39 is 30.7 Å². The second-order valence-corrected chi connectivity index (χ2v) is 4.95. The van der Waals surface area contributed by atoms with Gasteiger partial charge in [-0.25, -0.2) is 9.37 Å². The van der Waals surface area contributed by atoms with Gasteiger partial charge in [-0.1, -0.05) is 0 Å². The minimum atomic E-state index is -1.51. The summed E-state index contributed by atoms with van der Waals surface area (Å²) in [4.78, 5) is 11.6. The van der Waals surface area contributed by atoms with E-state index in [-0.39, 0.29) is 27.8 Å². The number of rotatable bonds is 2. The molecule has 0 aliphatic heterocycles. The van der Waals surface area contributed by atoms with Crippen LogP contribution in [0.1, 0.15) is 6.04 Å². The Hall–Kier alpha value is -1.81. The number of halogens is 2. The Morgan fingerprint density at radius 1 is 1.38 bits per heavy atom. The van der Waals surface area contributed by atoms with E-state index in [1.807, 2.05) is 0 Å². The molecule has 0 saturated carbocycles. The number of aliphatic hydroxyl groups excluding tert-OH is 3. The lowest BCUT2D eigenvalue weighted by molar-refractivity contribution is 0.0262. The van der Waals surface area contributed by atoms with Crippen molar-refractivity contribution in [1.82, 2.24) is 19.5 Å². The van der Waals surface area contributed by atoms with Gasteiger partial charge >= 0.3 is 0 Å². The first-order valence-electron chi connectivity index (χ1n) is 5.96. The minimum Gasteiger partial charge on any atom is -0.392 e. The molecule has 0 bridgehead atoms. The van der Waals surface area contributed by atoms with Crippen LogP contribution in [-0.2, 0) is 0 Å². The third-order valence-corrected chi connectivity index (χ3v) is 3.63. The summed E-state index contributed by atoms with van der Waals surface area (Å²) >= 11 is 5.72. The molecule has 10 heteroatoms. The molecule has 0 aromatic carbocycles. The summed E-state index contributed by atoms with van der Waals surface area (Å²) in [5, 5.41) is 28.7. The number of hydrogen-bond acceptors (Lipinski definition) is 7. The maximum Gasteiger partial charge on any atom is 0.226 e. The molecule has 0 fully saturated rings. The third-order valence-electron chi connectivity index (χ3n) is 3.46. The molecule has 0 radical (unpaired) electrons. The second kappa shape index (κ2) is 4.88. The summed E-state index contributed by atoms with van der Waals surface area (Å²) in [5.74, 6) is -0.825. The highest BCUT2D eigenvalue weighted by Gasteiger charge is 2.43. The van der Waals surface area contributed by atoms with E-state index in [4.69, 9.17) is 22.4 Å². The van der Waals surface area contributed by atoms with Crippen molar-refractivity contribution in [3.05, 3.63) is 23.0 Å². The van der Waals surface area contributed by atoms with Crippen LogP contribution in [0.5, 0.6) is 0 Å². The highest BCUT2D eigenvalue weighted by molar-refractivity contribution is 6.28. The lowest BCUT2D eigenvalue weighted by atomic mass is 10.1. The standard InChI is InChI=1S/C11H11ClFN5O3/c12-11-16-9(14)5-10(17-11)18(2-15-5)6-4(13)3(1-19)7(20)8(6)21/h2,6-8,19-21H,1H2,(H2,14,16,17). The highest BCUT2D eigenvalue weighted by Crippen LogP contribution is 2.38. The van der Waals surface area contributed by atoms with Crippen molar-refractivity contribution in [2.24, 2.45) is 0 Å². The first-order chi connectivity index (χ1) is 9.95. The van der Waals surface area contributed by atoms with Crippen molar-refractivity contribution < 1.29 is 19.7 Å². The number of anilines is 1. The normalized spacial score (nSPS) is 26.0. The highest BCUT2D eigenvalue weighted by atomic mass is 35.5. The topological polar surface area (TPSA) is 130 Å². The summed E-state index contributed by atoms with van der Waals surface area (Å²) in [5.41, 5.74) is 5.70. The molecule has 3 unspecified atom stereocenters. The molecular weight excluding hydrogens is 305 g/mol. The van der Waals surface area contributed by atoms with Gasteiger partial charge in [-0.3, -0.25) is 0 Å². The number of nitrogen functional groups attached to an aromatic ring is 1. The van der Waals surface area contributed by atoms with Gasteiger partial charge in [0.15, 0.2) is 11.5 Å². The fraction of sp³-hybridized carbons (Fsp3) is 0.364. The predicted octanol–water partition coefficient (Wildman–Crippen LogP) is -0.446. The Kier molecular flexibility index (Phi) is 3.29. The molecule has 0 spiro atoms. The molecule has 0 saturated heterocycles. The maximum absolute atomic E-state index is 14.3. The van der Waals surface area contributed by atoms with E-state index in [1.165, 1.54) is 10.9 Å². The van der Waals surface area contributed by atoms with Crippen LogP contribution in [0.3, 0.4) is 0 Å². The monoisotopic (exact) mass is 315 g/mol. The van der Waals surface area contributed by atoms with Crippen LogP contribution in [0.2, 0.25) is 5.28 Å². The summed E-state index contributed by atoms with van der Waals surface area (Å²) in [7, 11) is 0. The molecule has 5 N–H and O–H groups in total. The van der Waals surface area contributed by atoms with Gasteiger partial charge in [0.1, 0.15) is 29.6 Å². The maximum atomic E-state index is 14.3. The third kappa shape index (κ3) is 1.97. The van der Waals surface area contributed by atoms with Crippen LogP contribution < -0.4 is 5.73 Å². The molecule has 3 rings (SSSR count). The molecule has 1 aliphatic rings. The molecule has 0 amide bonds. The lowest BCUT2D eigenvalue weighted by Gasteiger charge is -2.19. The Morgan fingerprint density at radius 2 is 2.10 bits per heavy atom. The zero-order valence-corrected chi connectivity index (χ0v) is 11.2. The zero-order valence-electron chi connectivity index (χ0n) is 10.5. The van der Waals surface area contributed by atoms with Gasteiger partial charge < -0.3 is 25.6 Å². The molecule has 2 heterocycles. The molecule has 2 aromatic rings. The summed E-state index contributed by atoms with van der Waals surface area (Å²) in [6.07, 6.45) is -1.78. The fourth-order valence-electron chi connectivity index (χ4n) is 2.43. The zero-order chi connectivity index (χ0) is 15.3. The lowest BCUT2D eigenvalue weighted by Crippen LogP contribution is -2.30. The number of aliphatic hydroxyl groups is 3. The summed E-state index contributed by atoms with van der Waals surface area (Å²) in [6, 6.07) is -1.27. The van der Waals surface area contributed by atoms with Gasteiger partial charge in [-0.15, -0.1) is 0 Å². The average Bonchev–Trinajstić information content (AvgIpc) is 2.91. The van der Waals surface area contributed by atoms with Gasteiger partial charge in [-0.2, -0.15) is 9.97 Å². The van der Waals surface area contributed by atoms with Crippen molar-refractivity contribution in [3.8, 4) is 0 Å². The average molecular weight is 316 g/mol. The first-order valence-corrected chi connectivity index (χ1v) is 6.34. The van der Waals surface area contributed by atoms with Gasteiger partial charge in [-0.05, 0) is 11.6 Å². The number of imidazole rings is 1. The predicted molar refractivity (Wildman–Crippen MR) is 71.0 cm³/mol. The molecule has 8 nitrogen and oxygen atoms in total. The molecule has 1 aliphatic carbocycles. The van der Waals surface area contributed by atoms with Crippen LogP contribution in [0.4, 0.5) is 10.2 Å². The van der Waals surface area contributed by atoms with Crippen LogP contribution in [0.25, 0.3) is 11.2 Å². The molecule has 2 aromatic heterocycles. The largest absolute Gasteiger partial charge is 0.392 e. The van der Waals surface area contributed by atoms with Crippen LogP contribution in [0, 0.1) is 0 Å². The van der Waals surface area contributed by atoms with E-state index in [2.05, 4.69) is 15.0 Å². The van der Waals surface area contributed by atoms with Crippen molar-refractivity contribution in [2.75, 3.05) is 12.3 Å². The van der Waals surface area contributed by atoms with Crippen LogP contribution in [-0.4, -0.2) is 53.7 Å². The van der Waals surface area contributed by atoms with E-state index in [1.54, 1.807) is 0 Å². The minimum absolute atomic E-state index is 0.0172. The van der Waals surface area contributed by atoms with Crippen molar-refractivity contribution in [3.63, 3.8) is 0 Å². The number of nitrogens with two attached hydrogens (primary N) is 1. The van der Waals surface area contributed by atoms with E-state index in [9.17, 15) is 14.6 Å². The van der Waals surface area contributed by atoms with Gasteiger partial charge in [0, 0.05) is 5.57 Å². The summed E-state index contributed by atoms with van der Waals surface area (Å²) < 4.78 is 15.5. The van der Waals surface area contributed by atoms with E-state index in [0.717, 1.165) is 0 Å². The number of aromatic nitrogens is 4. The first kappa shape index (κ1) is 14.1. The fourth-order valence-corrected chi connectivity index (χ4v) is 2.60. The van der Waals surface area contributed by atoms with E-state index in [0.29, 0.717) is 0 Å². The second-order valence-electron chi connectivity index (χ2n) is 4.61. The van der Waals surface area contributed by atoms with Crippen molar-refractivity contribution in [1.29, 1.82) is 0 Å². The number of hydrogen-bond donors (Lipinski definition) is 4. The smallest absolute Gasteiger partial charge is 0.226 e. The van der Waals surface area contributed by atoms with Gasteiger partial charge in [0.05, 0.1) is 12.9 Å². The Bertz CT molecular complexity index is 749. The quantitative estimate of drug-likeness (QED) is 0.552. The molecule has 3 atom stereocenters. The Morgan fingerprint density at radius 3 is 2.71 bits per heavy atom. The molecular formula is C11H11ClFN5O3. The number of fused-ring (bicyclic) bond motifs is 1.